The summed E-state index contributed by atoms with van der Waals surface area (Å²) in [6, 6.07) is 9.75. The fourth-order valence-electron chi connectivity index (χ4n) is 2.57. The van der Waals surface area contributed by atoms with E-state index in [1.54, 1.807) is 12.1 Å². The number of aromatic nitrogens is 2. The van der Waals surface area contributed by atoms with Gasteiger partial charge in [-0.05, 0) is 49.1 Å². The number of carbonyl (C=O) groups is 1. The fraction of sp³-hybridized carbons (Fsp3) is 0.316. The Labute approximate surface area is 155 Å². The molecule has 136 valence electrons. The Morgan fingerprint density at radius 2 is 2.08 bits per heavy atom. The van der Waals surface area contributed by atoms with Crippen molar-refractivity contribution >= 4 is 17.2 Å². The standard InChI is InChI=1S/C19H20FN3O2S/c1-3-13(2)23(19(24)16-5-4-12-26-16)11-10-17-21-18(22-25-17)14-6-8-15(20)9-7-14/h4-9,12-13H,3,10-11H2,1-2H3. The summed E-state index contributed by atoms with van der Waals surface area (Å²) in [4.78, 5) is 19.6. The molecule has 1 amide bonds. The van der Waals surface area contributed by atoms with Crippen LogP contribution < -0.4 is 0 Å². The smallest absolute Gasteiger partial charge is 0.264 e. The number of hydrogen-bond acceptors (Lipinski definition) is 5. The highest BCUT2D eigenvalue weighted by Crippen LogP contribution is 2.18. The van der Waals surface area contributed by atoms with Crippen LogP contribution in [-0.4, -0.2) is 33.5 Å². The molecule has 0 bridgehead atoms. The predicted molar refractivity (Wildman–Crippen MR) is 98.5 cm³/mol. The summed E-state index contributed by atoms with van der Waals surface area (Å²) in [7, 11) is 0. The third-order valence-electron chi connectivity index (χ3n) is 4.25. The maximum absolute atomic E-state index is 13.0. The zero-order valence-electron chi connectivity index (χ0n) is 14.7. The molecule has 1 aromatic carbocycles. The first kappa shape index (κ1) is 18.3. The molecule has 0 aliphatic rings. The molecule has 7 heteroatoms. The third kappa shape index (κ3) is 4.16. The number of rotatable bonds is 7. The second-order valence-corrected chi connectivity index (χ2v) is 6.95. The van der Waals surface area contributed by atoms with Gasteiger partial charge in [-0.1, -0.05) is 18.1 Å². The number of thiophene rings is 1. The quantitative estimate of drug-likeness (QED) is 0.615. The van der Waals surface area contributed by atoms with Gasteiger partial charge in [-0.15, -0.1) is 11.3 Å². The molecule has 0 saturated heterocycles. The van der Waals surface area contributed by atoms with Crippen LogP contribution in [0.3, 0.4) is 0 Å². The zero-order valence-corrected chi connectivity index (χ0v) is 15.5. The van der Waals surface area contributed by atoms with Crippen LogP contribution in [0.15, 0.2) is 46.3 Å². The van der Waals surface area contributed by atoms with Crippen molar-refractivity contribution in [2.75, 3.05) is 6.54 Å². The average molecular weight is 373 g/mol. The van der Waals surface area contributed by atoms with E-state index in [0.717, 1.165) is 11.3 Å². The number of nitrogens with zero attached hydrogens (tertiary/aromatic N) is 3. The predicted octanol–water partition coefficient (Wildman–Crippen LogP) is 4.42. The van der Waals surface area contributed by atoms with Crippen LogP contribution in [0.2, 0.25) is 0 Å². The van der Waals surface area contributed by atoms with E-state index < -0.39 is 0 Å². The highest BCUT2D eigenvalue weighted by Gasteiger charge is 2.22. The monoisotopic (exact) mass is 373 g/mol. The molecule has 0 N–H and O–H groups in total. The molecule has 0 aliphatic heterocycles. The summed E-state index contributed by atoms with van der Waals surface area (Å²) in [6.45, 7) is 4.58. The Kier molecular flexibility index (Phi) is 5.78. The molecule has 0 aliphatic carbocycles. The number of amides is 1. The van der Waals surface area contributed by atoms with Crippen LogP contribution in [0.4, 0.5) is 4.39 Å². The topological polar surface area (TPSA) is 59.2 Å². The average Bonchev–Trinajstić information content (AvgIpc) is 3.34. The molecule has 26 heavy (non-hydrogen) atoms. The minimum Gasteiger partial charge on any atom is -0.339 e. The molecule has 5 nitrogen and oxygen atoms in total. The van der Waals surface area contributed by atoms with Gasteiger partial charge in [-0.3, -0.25) is 4.79 Å². The summed E-state index contributed by atoms with van der Waals surface area (Å²) in [5.41, 5.74) is 0.690. The molecular weight excluding hydrogens is 353 g/mol. The molecular formula is C19H20FN3O2S. The number of benzene rings is 1. The van der Waals surface area contributed by atoms with Crippen molar-refractivity contribution in [1.29, 1.82) is 0 Å². The fourth-order valence-corrected chi connectivity index (χ4v) is 3.25. The number of carbonyl (C=O) groups excluding carboxylic acids is 1. The van der Waals surface area contributed by atoms with E-state index in [1.807, 2.05) is 29.3 Å². The van der Waals surface area contributed by atoms with Crippen molar-refractivity contribution in [2.45, 2.75) is 32.7 Å². The normalized spacial score (nSPS) is 12.1. The first-order valence-corrected chi connectivity index (χ1v) is 9.39. The van der Waals surface area contributed by atoms with Crippen LogP contribution in [0.5, 0.6) is 0 Å². The Morgan fingerprint density at radius 3 is 2.73 bits per heavy atom. The lowest BCUT2D eigenvalue weighted by molar-refractivity contribution is 0.0691. The van der Waals surface area contributed by atoms with E-state index in [2.05, 4.69) is 17.1 Å². The molecule has 2 aromatic heterocycles. The highest BCUT2D eigenvalue weighted by molar-refractivity contribution is 7.12. The summed E-state index contributed by atoms with van der Waals surface area (Å²) in [6.07, 6.45) is 1.33. The van der Waals surface area contributed by atoms with E-state index >= 15 is 0 Å². The molecule has 2 heterocycles. The largest absolute Gasteiger partial charge is 0.339 e. The van der Waals surface area contributed by atoms with Crippen molar-refractivity contribution in [1.82, 2.24) is 15.0 Å². The van der Waals surface area contributed by atoms with Gasteiger partial charge in [-0.2, -0.15) is 4.98 Å². The molecule has 3 rings (SSSR count). The highest BCUT2D eigenvalue weighted by atomic mass is 32.1. The van der Waals surface area contributed by atoms with Crippen molar-refractivity contribution in [3.63, 3.8) is 0 Å². The molecule has 0 saturated carbocycles. The second kappa shape index (κ2) is 8.23. The second-order valence-electron chi connectivity index (χ2n) is 6.00. The van der Waals surface area contributed by atoms with Gasteiger partial charge in [0, 0.05) is 24.6 Å². The molecule has 0 fully saturated rings. The van der Waals surface area contributed by atoms with Gasteiger partial charge in [-0.25, -0.2) is 4.39 Å². The zero-order chi connectivity index (χ0) is 18.5. The number of hydrogen-bond donors (Lipinski definition) is 0. The van der Waals surface area contributed by atoms with Crippen molar-refractivity contribution in [3.8, 4) is 11.4 Å². The minimum absolute atomic E-state index is 0.0209. The molecule has 1 atom stereocenters. The van der Waals surface area contributed by atoms with E-state index in [0.29, 0.717) is 30.2 Å². The van der Waals surface area contributed by atoms with Crippen LogP contribution in [-0.2, 0) is 6.42 Å². The van der Waals surface area contributed by atoms with Gasteiger partial charge in [0.25, 0.3) is 5.91 Å². The van der Waals surface area contributed by atoms with E-state index in [9.17, 15) is 9.18 Å². The maximum Gasteiger partial charge on any atom is 0.264 e. The van der Waals surface area contributed by atoms with Gasteiger partial charge in [0.2, 0.25) is 11.7 Å². The minimum atomic E-state index is -0.311. The lowest BCUT2D eigenvalue weighted by Crippen LogP contribution is -2.39. The van der Waals surface area contributed by atoms with Crippen LogP contribution in [0.25, 0.3) is 11.4 Å². The van der Waals surface area contributed by atoms with Crippen LogP contribution in [0.1, 0.15) is 35.8 Å². The number of halogens is 1. The van der Waals surface area contributed by atoms with E-state index in [1.165, 1.54) is 23.5 Å². The van der Waals surface area contributed by atoms with Crippen LogP contribution >= 0.6 is 11.3 Å². The Balaban J connectivity index is 1.69. The van der Waals surface area contributed by atoms with E-state index in [-0.39, 0.29) is 17.8 Å². The van der Waals surface area contributed by atoms with Gasteiger partial charge in [0.1, 0.15) is 5.82 Å². The molecule has 0 radical (unpaired) electrons. The molecule has 0 spiro atoms. The van der Waals surface area contributed by atoms with Gasteiger partial charge >= 0.3 is 0 Å². The van der Waals surface area contributed by atoms with E-state index in [4.69, 9.17) is 4.52 Å². The third-order valence-corrected chi connectivity index (χ3v) is 5.11. The summed E-state index contributed by atoms with van der Waals surface area (Å²) >= 11 is 1.44. The summed E-state index contributed by atoms with van der Waals surface area (Å²) in [5.74, 6) is 0.581. The van der Waals surface area contributed by atoms with Gasteiger partial charge in [0.15, 0.2) is 0 Å². The van der Waals surface area contributed by atoms with Crippen LogP contribution in [0, 0.1) is 5.82 Å². The SMILES string of the molecule is CCC(C)N(CCc1nc(-c2ccc(F)cc2)no1)C(=O)c1cccs1. The van der Waals surface area contributed by atoms with Gasteiger partial charge < -0.3 is 9.42 Å². The first-order chi connectivity index (χ1) is 12.6. The van der Waals surface area contributed by atoms with Gasteiger partial charge in [0.05, 0.1) is 4.88 Å². The summed E-state index contributed by atoms with van der Waals surface area (Å²) in [5, 5.41) is 5.84. The lowest BCUT2D eigenvalue weighted by atomic mass is 10.2. The first-order valence-electron chi connectivity index (χ1n) is 8.51. The van der Waals surface area contributed by atoms with Crippen molar-refractivity contribution in [3.05, 3.63) is 58.4 Å². The Bertz CT molecular complexity index is 846. The molecule has 1 unspecified atom stereocenters. The Hall–Kier alpha value is -2.54. The maximum atomic E-state index is 13.0. The summed E-state index contributed by atoms with van der Waals surface area (Å²) < 4.78 is 18.3. The Morgan fingerprint density at radius 1 is 1.31 bits per heavy atom. The lowest BCUT2D eigenvalue weighted by Gasteiger charge is -2.27. The van der Waals surface area contributed by atoms with Crippen molar-refractivity contribution < 1.29 is 13.7 Å². The molecule has 3 aromatic rings. The van der Waals surface area contributed by atoms with Crippen molar-refractivity contribution in [2.24, 2.45) is 0 Å².